The van der Waals surface area contributed by atoms with Gasteiger partial charge in [0.25, 0.3) is 5.91 Å². The summed E-state index contributed by atoms with van der Waals surface area (Å²) in [6.45, 7) is 2.77. The Morgan fingerprint density at radius 3 is 2.71 bits per heavy atom. The van der Waals surface area contributed by atoms with Gasteiger partial charge in [-0.15, -0.1) is 0 Å². The first-order valence-corrected chi connectivity index (χ1v) is 8.77. The molecule has 1 heterocycles. The number of rotatable bonds is 5. The van der Waals surface area contributed by atoms with E-state index < -0.39 is 24.3 Å². The Kier molecular flexibility index (Phi) is 5.75. The van der Waals surface area contributed by atoms with Crippen molar-refractivity contribution in [3.63, 3.8) is 0 Å². The molecule has 2 aromatic carbocycles. The fraction of sp³-hybridized carbons (Fsp3) is 0.150. The highest BCUT2D eigenvalue weighted by molar-refractivity contribution is 6.30. The second kappa shape index (κ2) is 8.22. The van der Waals surface area contributed by atoms with Gasteiger partial charge in [-0.3, -0.25) is 4.79 Å². The van der Waals surface area contributed by atoms with Crippen molar-refractivity contribution in [1.82, 2.24) is 9.97 Å². The number of hydrogen-bond acceptors (Lipinski definition) is 4. The zero-order valence-electron chi connectivity index (χ0n) is 15.2. The number of nitrogens with zero attached hydrogens (tertiary/aromatic N) is 1. The quantitative estimate of drug-likeness (QED) is 0.625. The summed E-state index contributed by atoms with van der Waals surface area (Å²) in [5.41, 5.74) is 2.04. The molecule has 0 spiro atoms. The number of ether oxygens (including phenoxy) is 1. The molecule has 1 amide bonds. The Balaban J connectivity index is 1.63. The van der Waals surface area contributed by atoms with Crippen LogP contribution in [0, 0.1) is 19.7 Å². The van der Waals surface area contributed by atoms with Crippen molar-refractivity contribution in [2.24, 2.45) is 0 Å². The molecule has 0 radical (unpaired) electrons. The molecule has 0 aliphatic heterocycles. The minimum absolute atomic E-state index is 0.0733. The highest BCUT2D eigenvalue weighted by Gasteiger charge is 2.18. The lowest BCUT2D eigenvalue weighted by Crippen LogP contribution is -2.21. The molecule has 144 valence electrons. The van der Waals surface area contributed by atoms with Crippen LogP contribution in [-0.4, -0.2) is 28.5 Å². The highest BCUT2D eigenvalue weighted by Crippen LogP contribution is 2.22. The number of aromatic amines is 1. The Morgan fingerprint density at radius 1 is 1.21 bits per heavy atom. The average molecular weight is 402 g/mol. The number of benzene rings is 2. The predicted octanol–water partition coefficient (Wildman–Crippen LogP) is 4.28. The average Bonchev–Trinajstić information content (AvgIpc) is 3.05. The lowest BCUT2D eigenvalue weighted by atomic mass is 10.2. The van der Waals surface area contributed by atoms with Crippen molar-refractivity contribution in [3.8, 4) is 11.4 Å². The molecule has 28 heavy (non-hydrogen) atoms. The normalized spacial score (nSPS) is 10.6. The highest BCUT2D eigenvalue weighted by atomic mass is 35.5. The summed E-state index contributed by atoms with van der Waals surface area (Å²) in [5, 5.41) is 3.01. The molecule has 0 bridgehead atoms. The Hall–Kier alpha value is -3.19. The van der Waals surface area contributed by atoms with Crippen LogP contribution >= 0.6 is 11.6 Å². The van der Waals surface area contributed by atoms with E-state index in [0.717, 1.165) is 0 Å². The van der Waals surface area contributed by atoms with E-state index in [1.165, 1.54) is 6.07 Å². The van der Waals surface area contributed by atoms with Gasteiger partial charge in [0.05, 0.1) is 0 Å². The zero-order valence-corrected chi connectivity index (χ0v) is 15.9. The van der Waals surface area contributed by atoms with Crippen LogP contribution in [0.1, 0.15) is 21.7 Å². The van der Waals surface area contributed by atoms with Gasteiger partial charge in [-0.05, 0) is 43.7 Å². The third kappa shape index (κ3) is 4.55. The van der Waals surface area contributed by atoms with Crippen molar-refractivity contribution in [1.29, 1.82) is 0 Å². The molecular formula is C20H17ClFN3O3. The van der Waals surface area contributed by atoms with Crippen LogP contribution in [0.15, 0.2) is 42.5 Å². The smallest absolute Gasteiger partial charge is 0.359 e. The summed E-state index contributed by atoms with van der Waals surface area (Å²) in [6.07, 6.45) is 0. The number of anilines is 1. The molecule has 6 nitrogen and oxygen atoms in total. The minimum atomic E-state index is -0.743. The van der Waals surface area contributed by atoms with Crippen molar-refractivity contribution >= 4 is 29.2 Å². The van der Waals surface area contributed by atoms with Crippen molar-refractivity contribution in [3.05, 3.63) is 70.3 Å². The fourth-order valence-corrected chi connectivity index (χ4v) is 2.69. The number of aryl methyl sites for hydroxylation is 2. The summed E-state index contributed by atoms with van der Waals surface area (Å²) in [4.78, 5) is 31.4. The van der Waals surface area contributed by atoms with E-state index in [0.29, 0.717) is 27.7 Å². The van der Waals surface area contributed by atoms with E-state index in [1.807, 2.05) is 0 Å². The standard InChI is InChI=1S/C20H17ClFN3O3/c1-11-6-7-15(9-16(11)22)24-17(26)10-28-20(27)18-12(2)23-19(25-18)13-4-3-5-14(21)8-13/h3-9H,10H2,1-2H3,(H,23,25)(H,24,26). The molecule has 8 heteroatoms. The van der Waals surface area contributed by atoms with Gasteiger partial charge < -0.3 is 15.0 Å². The largest absolute Gasteiger partial charge is 0.451 e. The van der Waals surface area contributed by atoms with Gasteiger partial charge >= 0.3 is 5.97 Å². The second-order valence-electron chi connectivity index (χ2n) is 6.16. The minimum Gasteiger partial charge on any atom is -0.451 e. The molecule has 0 atom stereocenters. The first-order chi connectivity index (χ1) is 13.3. The number of esters is 1. The number of aromatic nitrogens is 2. The summed E-state index contributed by atoms with van der Waals surface area (Å²) >= 11 is 5.97. The van der Waals surface area contributed by atoms with Crippen LogP contribution in [0.4, 0.5) is 10.1 Å². The molecule has 0 fully saturated rings. The third-order valence-electron chi connectivity index (χ3n) is 3.97. The summed E-state index contributed by atoms with van der Waals surface area (Å²) in [5.74, 6) is -1.30. The lowest BCUT2D eigenvalue weighted by Gasteiger charge is -2.07. The first-order valence-electron chi connectivity index (χ1n) is 8.39. The van der Waals surface area contributed by atoms with Gasteiger partial charge in [-0.1, -0.05) is 29.8 Å². The second-order valence-corrected chi connectivity index (χ2v) is 6.59. The van der Waals surface area contributed by atoms with E-state index >= 15 is 0 Å². The SMILES string of the molecule is Cc1ccc(NC(=O)COC(=O)c2nc(-c3cccc(Cl)c3)[nH]c2C)cc1F. The van der Waals surface area contributed by atoms with Crippen LogP contribution in [0.25, 0.3) is 11.4 Å². The molecule has 0 aliphatic carbocycles. The van der Waals surface area contributed by atoms with Gasteiger partial charge in [-0.2, -0.15) is 0 Å². The summed E-state index contributed by atoms with van der Waals surface area (Å²) < 4.78 is 18.5. The maximum Gasteiger partial charge on any atom is 0.359 e. The molecule has 0 aliphatic rings. The third-order valence-corrected chi connectivity index (χ3v) is 4.20. The molecular weight excluding hydrogens is 385 g/mol. The van der Waals surface area contributed by atoms with E-state index in [2.05, 4.69) is 15.3 Å². The monoisotopic (exact) mass is 401 g/mol. The van der Waals surface area contributed by atoms with Gasteiger partial charge in [0.2, 0.25) is 0 Å². The fourth-order valence-electron chi connectivity index (χ4n) is 2.50. The van der Waals surface area contributed by atoms with Crippen LogP contribution in [-0.2, 0) is 9.53 Å². The zero-order chi connectivity index (χ0) is 20.3. The Bertz CT molecular complexity index is 1050. The number of carbonyl (C=O) groups is 2. The molecule has 2 N–H and O–H groups in total. The maximum absolute atomic E-state index is 13.5. The number of imidazole rings is 1. The lowest BCUT2D eigenvalue weighted by molar-refractivity contribution is -0.119. The van der Waals surface area contributed by atoms with Crippen molar-refractivity contribution < 1.29 is 18.7 Å². The van der Waals surface area contributed by atoms with Crippen molar-refractivity contribution in [2.75, 3.05) is 11.9 Å². The molecule has 0 saturated heterocycles. The number of amides is 1. The summed E-state index contributed by atoms with van der Waals surface area (Å²) in [7, 11) is 0. The van der Waals surface area contributed by atoms with Gasteiger partial charge in [-0.25, -0.2) is 14.2 Å². The number of hydrogen-bond donors (Lipinski definition) is 2. The van der Waals surface area contributed by atoms with Gasteiger partial charge in [0.1, 0.15) is 11.6 Å². The molecule has 0 unspecified atom stereocenters. The van der Waals surface area contributed by atoms with E-state index in [-0.39, 0.29) is 11.4 Å². The topological polar surface area (TPSA) is 84.1 Å². The number of nitrogens with one attached hydrogen (secondary N) is 2. The van der Waals surface area contributed by atoms with E-state index in [4.69, 9.17) is 16.3 Å². The van der Waals surface area contributed by atoms with Gasteiger partial charge in [0, 0.05) is 22.0 Å². The molecule has 1 aromatic heterocycles. The van der Waals surface area contributed by atoms with Crippen LogP contribution < -0.4 is 5.32 Å². The molecule has 3 rings (SSSR count). The Morgan fingerprint density at radius 2 is 2.00 bits per heavy atom. The van der Waals surface area contributed by atoms with Crippen LogP contribution in [0.5, 0.6) is 0 Å². The maximum atomic E-state index is 13.5. The van der Waals surface area contributed by atoms with Crippen LogP contribution in [0.2, 0.25) is 5.02 Å². The molecule has 3 aromatic rings. The van der Waals surface area contributed by atoms with Gasteiger partial charge in [0.15, 0.2) is 12.3 Å². The predicted molar refractivity (Wildman–Crippen MR) is 104 cm³/mol. The van der Waals surface area contributed by atoms with E-state index in [9.17, 15) is 14.0 Å². The molecule has 0 saturated carbocycles. The number of H-pyrrole nitrogens is 1. The first kappa shape index (κ1) is 19.6. The Labute approximate surface area is 165 Å². The van der Waals surface area contributed by atoms with E-state index in [1.54, 1.807) is 50.2 Å². The van der Waals surface area contributed by atoms with Crippen LogP contribution in [0.3, 0.4) is 0 Å². The van der Waals surface area contributed by atoms with Crippen molar-refractivity contribution in [2.45, 2.75) is 13.8 Å². The summed E-state index contributed by atoms with van der Waals surface area (Å²) in [6, 6.07) is 11.3. The number of carbonyl (C=O) groups excluding carboxylic acids is 2. The number of halogens is 2.